The van der Waals surface area contributed by atoms with Crippen LogP contribution in [-0.4, -0.2) is 59.5 Å². The number of halogens is 2. The molecular weight excluding hydrogens is 423 g/mol. The van der Waals surface area contributed by atoms with E-state index in [0.717, 1.165) is 0 Å². The summed E-state index contributed by atoms with van der Waals surface area (Å²) in [7, 11) is 0. The van der Waals surface area contributed by atoms with E-state index in [2.05, 4.69) is 0 Å². The molecule has 0 unspecified atom stereocenters. The van der Waals surface area contributed by atoms with Gasteiger partial charge in [0.2, 0.25) is 5.91 Å². The van der Waals surface area contributed by atoms with Crippen LogP contribution in [0.2, 0.25) is 10.0 Å². The van der Waals surface area contributed by atoms with Gasteiger partial charge < -0.3 is 19.5 Å². The Balaban J connectivity index is 1.93. The summed E-state index contributed by atoms with van der Waals surface area (Å²) in [6.45, 7) is 3.74. The molecule has 0 aliphatic carbocycles. The van der Waals surface area contributed by atoms with Gasteiger partial charge in [-0.1, -0.05) is 23.2 Å². The number of rotatable bonds is 6. The van der Waals surface area contributed by atoms with Crippen molar-refractivity contribution in [2.45, 2.75) is 45.1 Å². The SMILES string of the molecule is CC(=O)N(c1ccc(Cl)c(Cl)c1C)[C@@H](CCO)CN1CCCC12OC(=O)C(=O)O2. The molecule has 0 saturated carbocycles. The lowest BCUT2D eigenvalue weighted by Crippen LogP contribution is -2.53. The Labute approximate surface area is 178 Å². The van der Waals surface area contributed by atoms with E-state index < -0.39 is 23.9 Å². The standard InChI is InChI=1S/C19H22Cl2N2O6/c1-11-15(5-4-14(20)16(11)21)23(12(2)25)13(6-9-24)10-22-8-3-7-19(22)28-17(26)18(27)29-19/h4-5,13,24H,3,6-10H2,1-2H3/t13-/m0/s1. The van der Waals surface area contributed by atoms with Gasteiger partial charge in [-0.15, -0.1) is 0 Å². The van der Waals surface area contributed by atoms with Crippen LogP contribution < -0.4 is 4.90 Å². The second-order valence-corrected chi connectivity index (χ2v) is 7.89. The molecule has 0 bridgehead atoms. The van der Waals surface area contributed by atoms with Crippen molar-refractivity contribution in [1.29, 1.82) is 0 Å². The van der Waals surface area contributed by atoms with Gasteiger partial charge in [0.25, 0.3) is 0 Å². The first-order valence-corrected chi connectivity index (χ1v) is 10.0. The van der Waals surface area contributed by atoms with E-state index in [9.17, 15) is 19.5 Å². The van der Waals surface area contributed by atoms with Gasteiger partial charge in [0.15, 0.2) is 0 Å². The Hall–Kier alpha value is -1.87. The Morgan fingerprint density at radius 3 is 2.55 bits per heavy atom. The highest BCUT2D eigenvalue weighted by Crippen LogP contribution is 2.38. The summed E-state index contributed by atoms with van der Waals surface area (Å²) >= 11 is 12.3. The van der Waals surface area contributed by atoms with Gasteiger partial charge in [0.05, 0.1) is 16.1 Å². The van der Waals surface area contributed by atoms with Gasteiger partial charge in [-0.25, -0.2) is 14.5 Å². The third-order valence-corrected chi connectivity index (χ3v) is 6.14. The monoisotopic (exact) mass is 444 g/mol. The maximum Gasteiger partial charge on any atom is 0.421 e. The molecular formula is C19H22Cl2N2O6. The number of carbonyl (C=O) groups excluding carboxylic acids is 3. The number of carbonyl (C=O) groups is 3. The number of hydrogen-bond acceptors (Lipinski definition) is 7. The van der Waals surface area contributed by atoms with E-state index >= 15 is 0 Å². The Morgan fingerprint density at radius 1 is 1.31 bits per heavy atom. The van der Waals surface area contributed by atoms with Crippen molar-refractivity contribution in [2.24, 2.45) is 0 Å². The molecule has 2 saturated heterocycles. The van der Waals surface area contributed by atoms with Crippen LogP contribution >= 0.6 is 23.2 Å². The first kappa shape index (κ1) is 21.8. The molecule has 0 aromatic heterocycles. The molecule has 1 atom stereocenters. The number of aliphatic hydroxyl groups excluding tert-OH is 1. The maximum absolute atomic E-state index is 12.6. The first-order valence-electron chi connectivity index (χ1n) is 9.27. The average Bonchev–Trinajstić information content (AvgIpc) is 3.17. The van der Waals surface area contributed by atoms with Gasteiger partial charge >= 0.3 is 17.8 Å². The van der Waals surface area contributed by atoms with E-state index in [-0.39, 0.29) is 25.5 Å². The number of benzene rings is 1. The van der Waals surface area contributed by atoms with Crippen molar-refractivity contribution in [3.63, 3.8) is 0 Å². The van der Waals surface area contributed by atoms with Crippen molar-refractivity contribution in [3.05, 3.63) is 27.7 Å². The molecule has 158 valence electrons. The summed E-state index contributed by atoms with van der Waals surface area (Å²) in [6, 6.07) is 2.82. The number of aliphatic hydroxyl groups is 1. The molecule has 1 N–H and O–H groups in total. The van der Waals surface area contributed by atoms with Crippen LogP contribution in [0.5, 0.6) is 0 Å². The summed E-state index contributed by atoms with van der Waals surface area (Å²) in [5.41, 5.74) is 1.20. The number of anilines is 1. The van der Waals surface area contributed by atoms with E-state index in [0.29, 0.717) is 40.7 Å². The highest BCUT2D eigenvalue weighted by atomic mass is 35.5. The number of nitrogens with zero attached hydrogens (tertiary/aromatic N) is 2. The van der Waals surface area contributed by atoms with Crippen molar-refractivity contribution in [3.8, 4) is 0 Å². The van der Waals surface area contributed by atoms with E-state index in [4.69, 9.17) is 32.7 Å². The van der Waals surface area contributed by atoms with Gasteiger partial charge in [-0.3, -0.25) is 4.79 Å². The number of amides is 1. The van der Waals surface area contributed by atoms with Crippen LogP contribution in [-0.2, 0) is 23.9 Å². The molecule has 2 fully saturated rings. The molecule has 2 aliphatic heterocycles. The van der Waals surface area contributed by atoms with Gasteiger partial charge in [0, 0.05) is 38.7 Å². The minimum atomic E-state index is -1.45. The second-order valence-electron chi connectivity index (χ2n) is 7.10. The van der Waals surface area contributed by atoms with Crippen molar-refractivity contribution in [2.75, 3.05) is 24.6 Å². The summed E-state index contributed by atoms with van der Waals surface area (Å²) in [5.74, 6) is -3.76. The van der Waals surface area contributed by atoms with Crippen molar-refractivity contribution in [1.82, 2.24) is 4.90 Å². The Kier molecular flexibility index (Phi) is 6.38. The molecule has 1 aromatic rings. The number of hydrogen-bond donors (Lipinski definition) is 1. The molecule has 29 heavy (non-hydrogen) atoms. The average molecular weight is 445 g/mol. The minimum Gasteiger partial charge on any atom is -0.400 e. The van der Waals surface area contributed by atoms with Crippen LogP contribution in [0.25, 0.3) is 0 Å². The number of esters is 2. The Bertz CT molecular complexity index is 830. The molecule has 8 nitrogen and oxygen atoms in total. The van der Waals surface area contributed by atoms with E-state index in [1.54, 1.807) is 28.9 Å². The van der Waals surface area contributed by atoms with Crippen LogP contribution in [0.4, 0.5) is 5.69 Å². The summed E-state index contributed by atoms with van der Waals surface area (Å²) in [4.78, 5) is 39.1. The lowest BCUT2D eigenvalue weighted by atomic mass is 10.1. The molecule has 1 amide bonds. The van der Waals surface area contributed by atoms with Crippen LogP contribution in [0.1, 0.15) is 31.7 Å². The Morgan fingerprint density at radius 2 is 1.97 bits per heavy atom. The highest BCUT2D eigenvalue weighted by molar-refractivity contribution is 6.42. The van der Waals surface area contributed by atoms with Gasteiger partial charge in [0.1, 0.15) is 0 Å². The molecule has 10 heteroatoms. The van der Waals surface area contributed by atoms with Crippen molar-refractivity contribution < 1.29 is 29.0 Å². The molecule has 1 aromatic carbocycles. The fraction of sp³-hybridized carbons (Fsp3) is 0.526. The van der Waals surface area contributed by atoms with Crippen molar-refractivity contribution >= 4 is 46.7 Å². The molecule has 3 rings (SSSR count). The topological polar surface area (TPSA) is 96.4 Å². The molecule has 1 spiro atoms. The van der Waals surface area contributed by atoms with Crippen LogP contribution in [0.15, 0.2) is 12.1 Å². The summed E-state index contributed by atoms with van der Waals surface area (Å²) < 4.78 is 10.5. The fourth-order valence-corrected chi connectivity index (χ4v) is 4.27. The zero-order valence-electron chi connectivity index (χ0n) is 16.1. The zero-order chi connectivity index (χ0) is 21.3. The lowest BCUT2D eigenvalue weighted by molar-refractivity contribution is -0.235. The van der Waals surface area contributed by atoms with Gasteiger partial charge in [-0.05, 0) is 37.5 Å². The maximum atomic E-state index is 12.6. The van der Waals surface area contributed by atoms with E-state index in [1.165, 1.54) is 6.92 Å². The third kappa shape index (κ3) is 4.07. The second kappa shape index (κ2) is 8.47. The van der Waals surface area contributed by atoms with Gasteiger partial charge in [-0.2, -0.15) is 0 Å². The third-order valence-electron chi connectivity index (χ3n) is 5.24. The molecule has 2 heterocycles. The normalized spacial score (nSPS) is 19.3. The smallest absolute Gasteiger partial charge is 0.400 e. The number of ether oxygens (including phenoxy) is 2. The largest absolute Gasteiger partial charge is 0.421 e. The van der Waals surface area contributed by atoms with E-state index in [1.807, 2.05) is 0 Å². The predicted molar refractivity (Wildman–Crippen MR) is 106 cm³/mol. The highest BCUT2D eigenvalue weighted by Gasteiger charge is 2.56. The fourth-order valence-electron chi connectivity index (χ4n) is 3.91. The predicted octanol–water partition coefficient (Wildman–Crippen LogP) is 2.26. The summed E-state index contributed by atoms with van der Waals surface area (Å²) in [5, 5.41) is 10.3. The molecule has 0 radical (unpaired) electrons. The lowest BCUT2D eigenvalue weighted by Gasteiger charge is -2.38. The number of likely N-dealkylation sites (tertiary alicyclic amines) is 1. The zero-order valence-corrected chi connectivity index (χ0v) is 17.6. The van der Waals surface area contributed by atoms with Crippen LogP contribution in [0.3, 0.4) is 0 Å². The van der Waals surface area contributed by atoms with Crippen LogP contribution in [0, 0.1) is 6.92 Å². The minimum absolute atomic E-state index is 0.171. The summed E-state index contributed by atoms with van der Waals surface area (Å²) in [6.07, 6.45) is 1.26. The quantitative estimate of drug-likeness (QED) is 0.530. The molecule has 2 aliphatic rings. The first-order chi connectivity index (χ1) is 13.7.